The molecule has 1 N–H and O–H groups in total. The predicted octanol–water partition coefficient (Wildman–Crippen LogP) is 0.501. The Morgan fingerprint density at radius 3 is 3.14 bits per heavy atom. The maximum Gasteiger partial charge on any atom is 0.238 e. The number of hydrogen-bond donors (Lipinski definition) is 1. The lowest BCUT2D eigenvalue weighted by atomic mass is 10.1. The Bertz CT molecular complexity index is 234. The second-order valence-electron chi connectivity index (χ2n) is 3.56. The third kappa shape index (κ3) is 2.71. The Kier molecular flexibility index (Phi) is 4.41. The third-order valence-electron chi connectivity index (χ3n) is 2.46. The van der Waals surface area contributed by atoms with Crippen LogP contribution in [-0.2, 0) is 4.79 Å². The van der Waals surface area contributed by atoms with Gasteiger partial charge in [0, 0.05) is 13.1 Å². The van der Waals surface area contributed by atoms with Crippen molar-refractivity contribution in [2.24, 2.45) is 0 Å². The van der Waals surface area contributed by atoms with Crippen LogP contribution in [0.3, 0.4) is 0 Å². The molecule has 4 heteroatoms. The highest BCUT2D eigenvalue weighted by Crippen LogP contribution is 2.09. The quantitative estimate of drug-likeness (QED) is 0.713. The van der Waals surface area contributed by atoms with Gasteiger partial charge in [0.25, 0.3) is 0 Å². The van der Waals surface area contributed by atoms with Crippen LogP contribution in [0.4, 0.5) is 0 Å². The van der Waals surface area contributed by atoms with E-state index in [1.54, 1.807) is 0 Å². The van der Waals surface area contributed by atoms with Crippen molar-refractivity contribution in [2.45, 2.75) is 32.2 Å². The normalized spacial score (nSPS) is 23.7. The lowest BCUT2D eigenvalue weighted by Crippen LogP contribution is -2.44. The molecule has 1 rings (SSSR count). The van der Waals surface area contributed by atoms with Crippen LogP contribution < -0.4 is 5.32 Å². The number of carbonyl (C=O) groups excluding carboxylic acids is 1. The van der Waals surface area contributed by atoms with Crippen LogP contribution in [0, 0.1) is 11.3 Å². The molecule has 14 heavy (non-hydrogen) atoms. The van der Waals surface area contributed by atoms with Crippen LogP contribution in [0.15, 0.2) is 0 Å². The summed E-state index contributed by atoms with van der Waals surface area (Å²) in [5.41, 5.74) is 0. The summed E-state index contributed by atoms with van der Waals surface area (Å²) in [6, 6.07) is 1.85. The minimum absolute atomic E-state index is 0.0116. The summed E-state index contributed by atoms with van der Waals surface area (Å²) >= 11 is 0. The first-order chi connectivity index (χ1) is 6.79. The molecule has 1 fully saturated rings. The van der Waals surface area contributed by atoms with Crippen molar-refractivity contribution in [3.63, 3.8) is 0 Å². The van der Waals surface area contributed by atoms with E-state index < -0.39 is 0 Å². The van der Waals surface area contributed by atoms with Crippen molar-refractivity contribution in [1.29, 1.82) is 5.26 Å². The number of nitrogens with one attached hydrogen (secondary N) is 1. The molecule has 1 aliphatic rings. The first-order valence-corrected chi connectivity index (χ1v) is 5.18. The predicted molar refractivity (Wildman–Crippen MR) is 53.5 cm³/mol. The van der Waals surface area contributed by atoms with Gasteiger partial charge in [0.05, 0.1) is 12.5 Å². The highest BCUT2D eigenvalue weighted by molar-refractivity contribution is 5.82. The van der Waals surface area contributed by atoms with Crippen molar-refractivity contribution in [1.82, 2.24) is 10.2 Å². The van der Waals surface area contributed by atoms with Crippen LogP contribution >= 0.6 is 0 Å². The Balaban J connectivity index is 2.66. The van der Waals surface area contributed by atoms with Gasteiger partial charge >= 0.3 is 0 Å². The number of hydrogen-bond acceptors (Lipinski definition) is 3. The summed E-state index contributed by atoms with van der Waals surface area (Å²) in [4.78, 5) is 13.7. The SMILES string of the molecule is CCCN1CCCNC(=O)C1CC#N. The number of nitrogens with zero attached hydrogens (tertiary/aromatic N) is 2. The molecule has 1 saturated heterocycles. The Morgan fingerprint density at radius 1 is 1.71 bits per heavy atom. The Labute approximate surface area is 84.9 Å². The zero-order valence-electron chi connectivity index (χ0n) is 8.62. The largest absolute Gasteiger partial charge is 0.355 e. The van der Waals surface area contributed by atoms with Gasteiger partial charge in [-0.1, -0.05) is 6.92 Å². The van der Waals surface area contributed by atoms with E-state index in [1.807, 2.05) is 0 Å². The molecule has 1 aliphatic heterocycles. The van der Waals surface area contributed by atoms with Crippen LogP contribution in [0.2, 0.25) is 0 Å². The standard InChI is InChI=1S/C10H17N3O/c1-2-7-13-8-3-6-12-10(14)9(13)4-5-11/h9H,2-4,6-8H2,1H3,(H,12,14). The van der Waals surface area contributed by atoms with Gasteiger partial charge in [0.2, 0.25) is 5.91 Å². The number of nitriles is 1. The molecule has 0 aromatic rings. The Hall–Kier alpha value is -1.08. The molecule has 1 heterocycles. The zero-order chi connectivity index (χ0) is 10.4. The van der Waals surface area contributed by atoms with Gasteiger partial charge < -0.3 is 5.32 Å². The first kappa shape index (κ1) is 11.0. The van der Waals surface area contributed by atoms with E-state index >= 15 is 0 Å². The molecule has 4 nitrogen and oxygen atoms in total. The second kappa shape index (κ2) is 5.61. The molecular formula is C10H17N3O. The molecule has 0 radical (unpaired) electrons. The smallest absolute Gasteiger partial charge is 0.238 e. The summed E-state index contributed by atoms with van der Waals surface area (Å²) < 4.78 is 0. The van der Waals surface area contributed by atoms with Crippen LogP contribution in [-0.4, -0.2) is 36.5 Å². The minimum Gasteiger partial charge on any atom is -0.355 e. The van der Waals surface area contributed by atoms with Gasteiger partial charge in [-0.25, -0.2) is 0 Å². The second-order valence-corrected chi connectivity index (χ2v) is 3.56. The van der Waals surface area contributed by atoms with Crippen LogP contribution in [0.5, 0.6) is 0 Å². The van der Waals surface area contributed by atoms with Gasteiger partial charge in [0.15, 0.2) is 0 Å². The van der Waals surface area contributed by atoms with Crippen molar-refractivity contribution < 1.29 is 4.79 Å². The molecule has 0 saturated carbocycles. The van der Waals surface area contributed by atoms with E-state index in [0.717, 1.165) is 32.5 Å². The van der Waals surface area contributed by atoms with Gasteiger partial charge in [0.1, 0.15) is 6.04 Å². The fourth-order valence-electron chi connectivity index (χ4n) is 1.80. The summed E-state index contributed by atoms with van der Waals surface area (Å²) in [6.07, 6.45) is 2.30. The van der Waals surface area contributed by atoms with Crippen molar-refractivity contribution in [3.8, 4) is 6.07 Å². The van der Waals surface area contributed by atoms with Gasteiger partial charge in [-0.05, 0) is 19.4 Å². The van der Waals surface area contributed by atoms with Crippen molar-refractivity contribution in [2.75, 3.05) is 19.6 Å². The highest BCUT2D eigenvalue weighted by atomic mass is 16.2. The van der Waals surface area contributed by atoms with E-state index in [-0.39, 0.29) is 11.9 Å². The minimum atomic E-state index is -0.234. The van der Waals surface area contributed by atoms with E-state index in [4.69, 9.17) is 5.26 Å². The maximum absolute atomic E-state index is 11.6. The molecule has 78 valence electrons. The number of rotatable bonds is 3. The third-order valence-corrected chi connectivity index (χ3v) is 2.46. The molecule has 0 spiro atoms. The zero-order valence-corrected chi connectivity index (χ0v) is 8.62. The van der Waals surface area contributed by atoms with Crippen molar-refractivity contribution in [3.05, 3.63) is 0 Å². The molecule has 1 amide bonds. The lowest BCUT2D eigenvalue weighted by Gasteiger charge is -2.25. The molecule has 0 aromatic heterocycles. The fraction of sp³-hybridized carbons (Fsp3) is 0.800. The monoisotopic (exact) mass is 195 g/mol. The molecule has 0 bridgehead atoms. The van der Waals surface area contributed by atoms with Gasteiger partial charge in [-0.15, -0.1) is 0 Å². The van der Waals surface area contributed by atoms with E-state index in [1.165, 1.54) is 0 Å². The average Bonchev–Trinajstić information content (AvgIpc) is 2.33. The van der Waals surface area contributed by atoms with Gasteiger partial charge in [-0.3, -0.25) is 9.69 Å². The lowest BCUT2D eigenvalue weighted by molar-refractivity contribution is -0.125. The maximum atomic E-state index is 11.6. The summed E-state index contributed by atoms with van der Waals surface area (Å²) in [5.74, 6) is 0.0116. The fourth-order valence-corrected chi connectivity index (χ4v) is 1.80. The first-order valence-electron chi connectivity index (χ1n) is 5.18. The van der Waals surface area contributed by atoms with Gasteiger partial charge in [-0.2, -0.15) is 5.26 Å². The molecular weight excluding hydrogens is 178 g/mol. The van der Waals surface area contributed by atoms with Crippen molar-refractivity contribution >= 4 is 5.91 Å². The summed E-state index contributed by atoms with van der Waals surface area (Å²) in [5, 5.41) is 11.5. The topological polar surface area (TPSA) is 56.1 Å². The van der Waals surface area contributed by atoms with E-state index in [9.17, 15) is 4.79 Å². The number of amides is 1. The summed E-state index contributed by atoms with van der Waals surface area (Å²) in [7, 11) is 0. The number of carbonyl (C=O) groups is 1. The average molecular weight is 195 g/mol. The Morgan fingerprint density at radius 2 is 2.50 bits per heavy atom. The molecule has 0 aromatic carbocycles. The van der Waals surface area contributed by atoms with Crippen LogP contribution in [0.25, 0.3) is 0 Å². The molecule has 0 aliphatic carbocycles. The molecule has 1 atom stereocenters. The van der Waals surface area contributed by atoms with E-state index in [2.05, 4.69) is 23.2 Å². The summed E-state index contributed by atoms with van der Waals surface area (Å²) in [6.45, 7) is 4.64. The van der Waals surface area contributed by atoms with Crippen LogP contribution in [0.1, 0.15) is 26.2 Å². The molecule has 1 unspecified atom stereocenters. The highest BCUT2D eigenvalue weighted by Gasteiger charge is 2.26. The van der Waals surface area contributed by atoms with E-state index in [0.29, 0.717) is 6.42 Å².